The molecule has 0 spiro atoms. The van der Waals surface area contributed by atoms with Gasteiger partial charge in [0.2, 0.25) is 5.91 Å². The lowest BCUT2D eigenvalue weighted by Crippen LogP contribution is -2.39. The summed E-state index contributed by atoms with van der Waals surface area (Å²) in [5.74, 6) is 2.82. The highest BCUT2D eigenvalue weighted by Crippen LogP contribution is 2.18. The highest BCUT2D eigenvalue weighted by Gasteiger charge is 2.30. The molecular formula is C9H14N2O. The van der Waals surface area contributed by atoms with Crippen molar-refractivity contribution in [2.24, 2.45) is 11.7 Å². The number of nitrogens with zero attached hydrogens (tertiary/aromatic N) is 1. The minimum absolute atomic E-state index is 0.0894. The van der Waals surface area contributed by atoms with E-state index in [4.69, 9.17) is 12.2 Å². The molecule has 0 saturated carbocycles. The second-order valence-electron chi connectivity index (χ2n) is 3.20. The van der Waals surface area contributed by atoms with Crippen LogP contribution in [0.3, 0.4) is 0 Å². The maximum atomic E-state index is 11.3. The lowest BCUT2D eigenvalue weighted by Gasteiger charge is -2.22. The van der Waals surface area contributed by atoms with Gasteiger partial charge in [0.1, 0.15) is 0 Å². The first-order chi connectivity index (χ1) is 5.69. The van der Waals surface area contributed by atoms with Gasteiger partial charge in [-0.25, -0.2) is 0 Å². The van der Waals surface area contributed by atoms with Gasteiger partial charge in [0.15, 0.2) is 0 Å². The second-order valence-corrected chi connectivity index (χ2v) is 3.20. The number of rotatable bonds is 2. The molecule has 1 rings (SSSR count). The number of terminal acetylenes is 1. The van der Waals surface area contributed by atoms with Crippen LogP contribution < -0.4 is 5.73 Å². The van der Waals surface area contributed by atoms with Crippen LogP contribution in [-0.4, -0.2) is 29.9 Å². The normalized spacial score (nSPS) is 25.6. The van der Waals surface area contributed by atoms with Crippen LogP contribution in [0, 0.1) is 18.3 Å². The molecule has 3 heteroatoms. The van der Waals surface area contributed by atoms with Gasteiger partial charge in [-0.3, -0.25) is 4.79 Å². The van der Waals surface area contributed by atoms with Crippen LogP contribution in [0.2, 0.25) is 0 Å². The van der Waals surface area contributed by atoms with E-state index in [1.165, 1.54) is 0 Å². The summed E-state index contributed by atoms with van der Waals surface area (Å²) in [7, 11) is 0. The summed E-state index contributed by atoms with van der Waals surface area (Å²) in [5, 5.41) is 0. The van der Waals surface area contributed by atoms with Crippen LogP contribution >= 0.6 is 0 Å². The van der Waals surface area contributed by atoms with Gasteiger partial charge in [-0.05, 0) is 6.92 Å². The zero-order chi connectivity index (χ0) is 9.14. The van der Waals surface area contributed by atoms with E-state index in [-0.39, 0.29) is 17.9 Å². The van der Waals surface area contributed by atoms with E-state index in [2.05, 4.69) is 5.92 Å². The Hall–Kier alpha value is -1.01. The van der Waals surface area contributed by atoms with E-state index in [0.29, 0.717) is 19.5 Å². The molecule has 3 nitrogen and oxygen atoms in total. The summed E-state index contributed by atoms with van der Waals surface area (Å²) in [6.45, 7) is 3.12. The minimum atomic E-state index is 0.0894. The molecule has 1 aliphatic heterocycles. The molecule has 0 aromatic heterocycles. The number of carbonyl (C=O) groups is 1. The van der Waals surface area contributed by atoms with Crippen LogP contribution in [0.5, 0.6) is 0 Å². The van der Waals surface area contributed by atoms with Gasteiger partial charge >= 0.3 is 0 Å². The van der Waals surface area contributed by atoms with Crippen molar-refractivity contribution in [3.63, 3.8) is 0 Å². The third-order valence-electron chi connectivity index (χ3n) is 2.27. The molecule has 1 saturated heterocycles. The number of hydrogen-bond donors (Lipinski definition) is 1. The van der Waals surface area contributed by atoms with Crippen molar-refractivity contribution in [1.29, 1.82) is 0 Å². The van der Waals surface area contributed by atoms with Gasteiger partial charge in [0.25, 0.3) is 0 Å². The molecule has 1 aliphatic rings. The summed E-state index contributed by atoms with van der Waals surface area (Å²) < 4.78 is 0. The number of amides is 1. The van der Waals surface area contributed by atoms with Gasteiger partial charge < -0.3 is 10.6 Å². The molecule has 1 heterocycles. The van der Waals surface area contributed by atoms with E-state index < -0.39 is 0 Å². The van der Waals surface area contributed by atoms with Crippen molar-refractivity contribution in [2.45, 2.75) is 19.4 Å². The molecule has 2 N–H and O–H groups in total. The Morgan fingerprint density at radius 3 is 3.00 bits per heavy atom. The SMILES string of the molecule is C#CC1CC(=O)N(C(C)CN)C1. The summed E-state index contributed by atoms with van der Waals surface area (Å²) in [6.07, 6.45) is 5.73. The van der Waals surface area contributed by atoms with Crippen LogP contribution in [0.15, 0.2) is 0 Å². The van der Waals surface area contributed by atoms with Crippen molar-refractivity contribution < 1.29 is 4.79 Å². The fraction of sp³-hybridized carbons (Fsp3) is 0.667. The standard InChI is InChI=1S/C9H14N2O/c1-3-8-4-9(12)11(6-8)7(2)5-10/h1,7-8H,4-6,10H2,2H3. The third-order valence-corrected chi connectivity index (χ3v) is 2.27. The molecule has 12 heavy (non-hydrogen) atoms. The maximum Gasteiger partial charge on any atom is 0.224 e. The zero-order valence-electron chi connectivity index (χ0n) is 7.29. The van der Waals surface area contributed by atoms with Crippen molar-refractivity contribution in [3.8, 4) is 12.3 Å². The van der Waals surface area contributed by atoms with Gasteiger partial charge in [0, 0.05) is 31.5 Å². The highest BCUT2D eigenvalue weighted by molar-refractivity contribution is 5.79. The topological polar surface area (TPSA) is 46.3 Å². The van der Waals surface area contributed by atoms with Crippen LogP contribution in [0.25, 0.3) is 0 Å². The number of carbonyl (C=O) groups excluding carboxylic acids is 1. The summed E-state index contributed by atoms with van der Waals surface area (Å²) in [6, 6.07) is 0.121. The molecule has 1 fully saturated rings. The number of likely N-dealkylation sites (tertiary alicyclic amines) is 1. The molecule has 2 atom stereocenters. The summed E-state index contributed by atoms with van der Waals surface area (Å²) in [5.41, 5.74) is 5.46. The van der Waals surface area contributed by atoms with Crippen LogP contribution in [-0.2, 0) is 4.79 Å². The van der Waals surface area contributed by atoms with Crippen molar-refractivity contribution in [3.05, 3.63) is 0 Å². The zero-order valence-corrected chi connectivity index (χ0v) is 7.29. The Morgan fingerprint density at radius 2 is 2.58 bits per heavy atom. The van der Waals surface area contributed by atoms with Crippen LogP contribution in [0.1, 0.15) is 13.3 Å². The molecule has 0 aliphatic carbocycles. The fourth-order valence-corrected chi connectivity index (χ4v) is 1.40. The lowest BCUT2D eigenvalue weighted by molar-refractivity contribution is -0.129. The minimum Gasteiger partial charge on any atom is -0.337 e. The first-order valence-electron chi connectivity index (χ1n) is 4.14. The third kappa shape index (κ3) is 1.59. The monoisotopic (exact) mass is 166 g/mol. The first-order valence-corrected chi connectivity index (χ1v) is 4.14. The smallest absolute Gasteiger partial charge is 0.224 e. The van der Waals surface area contributed by atoms with E-state index in [9.17, 15) is 4.79 Å². The first kappa shape index (κ1) is 9.08. The lowest BCUT2D eigenvalue weighted by atomic mass is 10.1. The Labute approximate surface area is 72.9 Å². The molecule has 0 bridgehead atoms. The van der Waals surface area contributed by atoms with E-state index >= 15 is 0 Å². The maximum absolute atomic E-state index is 11.3. The van der Waals surface area contributed by atoms with Gasteiger partial charge in [-0.1, -0.05) is 0 Å². The average molecular weight is 166 g/mol. The highest BCUT2D eigenvalue weighted by atomic mass is 16.2. The van der Waals surface area contributed by atoms with E-state index in [1.807, 2.05) is 6.92 Å². The molecule has 1 amide bonds. The number of nitrogens with two attached hydrogens (primary N) is 1. The largest absolute Gasteiger partial charge is 0.337 e. The second kappa shape index (κ2) is 3.59. The van der Waals surface area contributed by atoms with Crippen molar-refractivity contribution in [2.75, 3.05) is 13.1 Å². The van der Waals surface area contributed by atoms with Gasteiger partial charge in [-0.15, -0.1) is 12.3 Å². The van der Waals surface area contributed by atoms with E-state index in [1.54, 1.807) is 4.90 Å². The van der Waals surface area contributed by atoms with Crippen molar-refractivity contribution >= 4 is 5.91 Å². The Morgan fingerprint density at radius 1 is 1.92 bits per heavy atom. The molecule has 2 unspecified atom stereocenters. The predicted molar refractivity (Wildman–Crippen MR) is 47.2 cm³/mol. The molecule has 0 aromatic carbocycles. The predicted octanol–water partition coefficient (Wildman–Crippen LogP) is -0.185. The molecule has 0 aromatic rings. The average Bonchev–Trinajstić information content (AvgIpc) is 2.45. The fourth-order valence-electron chi connectivity index (χ4n) is 1.40. The Kier molecular flexibility index (Phi) is 2.72. The summed E-state index contributed by atoms with van der Waals surface area (Å²) >= 11 is 0. The Bertz CT molecular complexity index is 219. The number of hydrogen-bond acceptors (Lipinski definition) is 2. The van der Waals surface area contributed by atoms with Crippen LogP contribution in [0.4, 0.5) is 0 Å². The molecular weight excluding hydrogens is 152 g/mol. The quantitative estimate of drug-likeness (QED) is 0.578. The molecule has 66 valence electrons. The summed E-state index contributed by atoms with van der Waals surface area (Å²) in [4.78, 5) is 13.1. The van der Waals surface area contributed by atoms with Crippen molar-refractivity contribution in [1.82, 2.24) is 4.90 Å². The van der Waals surface area contributed by atoms with E-state index in [0.717, 1.165) is 0 Å². The van der Waals surface area contributed by atoms with Gasteiger partial charge in [-0.2, -0.15) is 0 Å². The van der Waals surface area contributed by atoms with Gasteiger partial charge in [0.05, 0.1) is 0 Å². The molecule has 0 radical (unpaired) electrons. The Balaban J connectivity index is 2.59.